The van der Waals surface area contributed by atoms with Gasteiger partial charge < -0.3 is 15.4 Å². The molecule has 0 radical (unpaired) electrons. The zero-order valence-electron chi connectivity index (χ0n) is 11.8. The molecule has 1 aromatic carbocycles. The van der Waals surface area contributed by atoms with E-state index in [1.165, 1.54) is 0 Å². The summed E-state index contributed by atoms with van der Waals surface area (Å²) in [6, 6.07) is 9.25. The summed E-state index contributed by atoms with van der Waals surface area (Å²) >= 11 is 0. The lowest BCUT2D eigenvalue weighted by molar-refractivity contribution is -0.117. The molecule has 1 aromatic rings. The van der Waals surface area contributed by atoms with E-state index < -0.39 is 6.09 Å². The van der Waals surface area contributed by atoms with Crippen LogP contribution < -0.4 is 10.6 Å². The minimum atomic E-state index is -0.446. The molecule has 0 aliphatic heterocycles. The van der Waals surface area contributed by atoms with Crippen LogP contribution in [0.1, 0.15) is 20.3 Å². The highest BCUT2D eigenvalue weighted by Crippen LogP contribution is 2.34. The Hall–Kier alpha value is -2.04. The van der Waals surface area contributed by atoms with E-state index in [4.69, 9.17) is 4.74 Å². The van der Waals surface area contributed by atoms with E-state index in [2.05, 4.69) is 10.6 Å². The van der Waals surface area contributed by atoms with E-state index in [0.717, 1.165) is 5.69 Å². The molecule has 0 bridgehead atoms. The average molecular weight is 276 g/mol. The monoisotopic (exact) mass is 276 g/mol. The van der Waals surface area contributed by atoms with Crippen LogP contribution in [0.25, 0.3) is 0 Å². The van der Waals surface area contributed by atoms with Crippen LogP contribution in [0.4, 0.5) is 10.5 Å². The molecule has 2 amide bonds. The van der Waals surface area contributed by atoms with Gasteiger partial charge in [0.25, 0.3) is 0 Å². The fourth-order valence-electron chi connectivity index (χ4n) is 1.80. The Kier molecular flexibility index (Phi) is 4.61. The van der Waals surface area contributed by atoms with Crippen LogP contribution in [-0.2, 0) is 9.53 Å². The van der Waals surface area contributed by atoms with Gasteiger partial charge in [0.15, 0.2) is 0 Å². The van der Waals surface area contributed by atoms with Gasteiger partial charge in [-0.1, -0.05) is 32.0 Å². The number of carbonyl (C=O) groups excluding carboxylic acids is 2. The highest BCUT2D eigenvalue weighted by atomic mass is 16.6. The van der Waals surface area contributed by atoms with E-state index >= 15 is 0 Å². The second-order valence-electron chi connectivity index (χ2n) is 5.42. The van der Waals surface area contributed by atoms with Gasteiger partial charge in [-0.15, -0.1) is 0 Å². The van der Waals surface area contributed by atoms with Crippen LogP contribution >= 0.6 is 0 Å². The summed E-state index contributed by atoms with van der Waals surface area (Å²) < 4.78 is 5.17. The molecule has 2 N–H and O–H groups in total. The van der Waals surface area contributed by atoms with Crippen LogP contribution in [0, 0.1) is 11.8 Å². The van der Waals surface area contributed by atoms with Gasteiger partial charge >= 0.3 is 6.09 Å². The third-order valence-corrected chi connectivity index (χ3v) is 3.02. The zero-order chi connectivity index (χ0) is 14.5. The molecule has 5 heteroatoms. The first-order valence-corrected chi connectivity index (χ1v) is 6.86. The number of nitrogens with one attached hydrogen (secondary N) is 2. The smallest absolute Gasteiger partial charge is 0.407 e. The van der Waals surface area contributed by atoms with Crippen LogP contribution in [0.3, 0.4) is 0 Å². The minimum Gasteiger partial charge on any atom is -0.445 e. The van der Waals surface area contributed by atoms with E-state index in [-0.39, 0.29) is 17.9 Å². The van der Waals surface area contributed by atoms with Crippen molar-refractivity contribution in [1.29, 1.82) is 0 Å². The van der Waals surface area contributed by atoms with Crippen molar-refractivity contribution in [3.63, 3.8) is 0 Å². The van der Waals surface area contributed by atoms with Gasteiger partial charge in [-0.3, -0.25) is 4.79 Å². The lowest BCUT2D eigenvalue weighted by Crippen LogP contribution is -2.29. The first kappa shape index (κ1) is 14.4. The Balaban J connectivity index is 1.72. The molecule has 1 saturated carbocycles. The summed E-state index contributed by atoms with van der Waals surface area (Å²) in [4.78, 5) is 23.4. The number of amides is 2. The Bertz CT molecular complexity index is 473. The number of alkyl carbamates (subject to hydrolysis) is 1. The normalized spacial score (nSPS) is 20.4. The molecular formula is C15H20N2O3. The van der Waals surface area contributed by atoms with Crippen molar-refractivity contribution >= 4 is 17.7 Å². The predicted molar refractivity (Wildman–Crippen MR) is 76.3 cm³/mol. The molecular weight excluding hydrogens is 256 g/mol. The second-order valence-corrected chi connectivity index (χ2v) is 5.42. The standard InChI is InChI=1S/C15H20N2O3/c1-10(2)9-16-15(19)20-13-8-12(13)14(18)17-11-6-4-3-5-7-11/h3-7,10,12-13H,8-9H2,1-2H3,(H,16,19)(H,17,18). The van der Waals surface area contributed by atoms with Gasteiger partial charge in [0.05, 0.1) is 5.92 Å². The van der Waals surface area contributed by atoms with Gasteiger partial charge in [0.2, 0.25) is 5.91 Å². The summed E-state index contributed by atoms with van der Waals surface area (Å²) in [5.41, 5.74) is 0.757. The molecule has 0 aromatic heterocycles. The van der Waals surface area contributed by atoms with Crippen molar-refractivity contribution in [3.8, 4) is 0 Å². The Labute approximate surface area is 118 Å². The van der Waals surface area contributed by atoms with Crippen LogP contribution in [-0.4, -0.2) is 24.6 Å². The van der Waals surface area contributed by atoms with Crippen molar-refractivity contribution in [3.05, 3.63) is 30.3 Å². The van der Waals surface area contributed by atoms with Crippen LogP contribution in [0.2, 0.25) is 0 Å². The topological polar surface area (TPSA) is 67.4 Å². The number of hydrogen-bond donors (Lipinski definition) is 2. The lowest BCUT2D eigenvalue weighted by atomic mass is 10.2. The van der Waals surface area contributed by atoms with Crippen LogP contribution in [0.15, 0.2) is 30.3 Å². The zero-order valence-corrected chi connectivity index (χ0v) is 11.8. The van der Waals surface area contributed by atoms with E-state index in [0.29, 0.717) is 18.9 Å². The van der Waals surface area contributed by atoms with Crippen molar-refractivity contribution in [2.45, 2.75) is 26.4 Å². The van der Waals surface area contributed by atoms with Crippen molar-refractivity contribution in [1.82, 2.24) is 5.32 Å². The second kappa shape index (κ2) is 6.41. The lowest BCUT2D eigenvalue weighted by Gasteiger charge is -2.08. The quantitative estimate of drug-likeness (QED) is 0.867. The van der Waals surface area contributed by atoms with Crippen molar-refractivity contribution in [2.75, 3.05) is 11.9 Å². The molecule has 0 spiro atoms. The molecule has 5 nitrogen and oxygen atoms in total. The van der Waals surface area contributed by atoms with Gasteiger partial charge in [-0.25, -0.2) is 4.79 Å². The van der Waals surface area contributed by atoms with Crippen molar-refractivity contribution in [2.24, 2.45) is 11.8 Å². The largest absolute Gasteiger partial charge is 0.445 e. The number of ether oxygens (including phenoxy) is 1. The molecule has 1 aliphatic carbocycles. The molecule has 2 unspecified atom stereocenters. The number of benzene rings is 1. The Morgan fingerprint density at radius 1 is 1.30 bits per heavy atom. The molecule has 2 atom stereocenters. The third kappa shape index (κ3) is 4.26. The number of carbonyl (C=O) groups is 2. The number of para-hydroxylation sites is 1. The van der Waals surface area contributed by atoms with Gasteiger partial charge in [-0.05, 0) is 18.1 Å². The highest BCUT2D eigenvalue weighted by molar-refractivity contribution is 5.95. The predicted octanol–water partition coefficient (Wildman–Crippen LogP) is 2.40. The number of hydrogen-bond acceptors (Lipinski definition) is 3. The van der Waals surface area contributed by atoms with Gasteiger partial charge in [0, 0.05) is 18.7 Å². The maximum Gasteiger partial charge on any atom is 0.407 e. The molecule has 0 saturated heterocycles. The average Bonchev–Trinajstić information content (AvgIpc) is 3.17. The van der Waals surface area contributed by atoms with E-state index in [1.807, 2.05) is 44.2 Å². The summed E-state index contributed by atoms with van der Waals surface area (Å²) in [6.07, 6.45) is -0.155. The van der Waals surface area contributed by atoms with E-state index in [1.54, 1.807) is 0 Å². The Morgan fingerprint density at radius 2 is 2.00 bits per heavy atom. The molecule has 108 valence electrons. The Morgan fingerprint density at radius 3 is 2.65 bits per heavy atom. The maximum atomic E-state index is 11.9. The fraction of sp³-hybridized carbons (Fsp3) is 0.467. The maximum absolute atomic E-state index is 11.9. The SMILES string of the molecule is CC(C)CNC(=O)OC1CC1C(=O)Nc1ccccc1. The summed E-state index contributed by atoms with van der Waals surface area (Å²) in [5.74, 6) is 0.0387. The van der Waals surface area contributed by atoms with Gasteiger partial charge in [-0.2, -0.15) is 0 Å². The third-order valence-electron chi connectivity index (χ3n) is 3.02. The van der Waals surface area contributed by atoms with Crippen LogP contribution in [0.5, 0.6) is 0 Å². The van der Waals surface area contributed by atoms with Crippen molar-refractivity contribution < 1.29 is 14.3 Å². The summed E-state index contributed by atoms with van der Waals surface area (Å²) in [6.45, 7) is 4.59. The fourth-order valence-corrected chi connectivity index (χ4v) is 1.80. The minimum absolute atomic E-state index is 0.0992. The first-order valence-electron chi connectivity index (χ1n) is 6.86. The first-order chi connectivity index (χ1) is 9.56. The van der Waals surface area contributed by atoms with Gasteiger partial charge in [0.1, 0.15) is 6.10 Å². The number of rotatable bonds is 5. The molecule has 1 fully saturated rings. The number of anilines is 1. The highest BCUT2D eigenvalue weighted by Gasteiger charge is 2.46. The molecule has 1 aliphatic rings. The molecule has 2 rings (SSSR count). The summed E-state index contributed by atoms with van der Waals surface area (Å²) in [7, 11) is 0. The molecule has 20 heavy (non-hydrogen) atoms. The molecule has 0 heterocycles. The van der Waals surface area contributed by atoms with E-state index in [9.17, 15) is 9.59 Å². The summed E-state index contributed by atoms with van der Waals surface area (Å²) in [5, 5.41) is 5.48.